The van der Waals surface area contributed by atoms with Gasteiger partial charge in [-0.1, -0.05) is 0 Å². The molecule has 0 unspecified atom stereocenters. The number of nitro groups is 1. The topological polar surface area (TPSA) is 133 Å². The molecule has 108 valence electrons. The summed E-state index contributed by atoms with van der Waals surface area (Å²) in [5.41, 5.74) is 2.27. The fraction of sp³-hybridized carbons (Fsp3) is 0.333. The SMILES string of the molecule is CC(C)(C)OC(=O)c1c(C(=O)O)ccc(N)c1[N+](=O)[O-]. The summed E-state index contributed by atoms with van der Waals surface area (Å²) in [5.74, 6) is -2.58. The Morgan fingerprint density at radius 1 is 1.35 bits per heavy atom. The van der Waals surface area contributed by atoms with Crippen molar-refractivity contribution < 1.29 is 24.4 Å². The van der Waals surface area contributed by atoms with E-state index in [4.69, 9.17) is 15.6 Å². The minimum Gasteiger partial charge on any atom is -0.478 e. The molecule has 8 nitrogen and oxygen atoms in total. The van der Waals surface area contributed by atoms with Crippen molar-refractivity contribution in [3.05, 3.63) is 33.4 Å². The molecular weight excluding hydrogens is 268 g/mol. The maximum Gasteiger partial charge on any atom is 0.346 e. The van der Waals surface area contributed by atoms with E-state index in [-0.39, 0.29) is 5.69 Å². The van der Waals surface area contributed by atoms with Crippen molar-refractivity contribution in [2.24, 2.45) is 0 Å². The number of nitrogens with zero attached hydrogens (tertiary/aromatic N) is 1. The van der Waals surface area contributed by atoms with Crippen LogP contribution in [-0.4, -0.2) is 27.6 Å². The molecule has 3 N–H and O–H groups in total. The Labute approximate surface area is 114 Å². The van der Waals surface area contributed by atoms with Gasteiger partial charge in [0.05, 0.1) is 10.5 Å². The Morgan fingerprint density at radius 3 is 2.30 bits per heavy atom. The number of benzene rings is 1. The van der Waals surface area contributed by atoms with Crippen molar-refractivity contribution in [2.75, 3.05) is 5.73 Å². The van der Waals surface area contributed by atoms with Gasteiger partial charge in [-0.05, 0) is 32.9 Å². The predicted molar refractivity (Wildman–Crippen MR) is 69.6 cm³/mol. The summed E-state index contributed by atoms with van der Waals surface area (Å²) in [6.45, 7) is 4.68. The van der Waals surface area contributed by atoms with Crippen LogP contribution in [0.15, 0.2) is 12.1 Å². The highest BCUT2D eigenvalue weighted by Gasteiger charge is 2.33. The quantitative estimate of drug-likeness (QED) is 0.374. The number of hydrogen-bond acceptors (Lipinski definition) is 6. The standard InChI is InChI=1S/C12H14N2O6/c1-12(2,3)20-11(17)8-6(10(15)16)4-5-7(13)9(8)14(18)19/h4-5H,13H2,1-3H3,(H,15,16). The average molecular weight is 282 g/mol. The van der Waals surface area contributed by atoms with Gasteiger partial charge in [0.1, 0.15) is 11.3 Å². The summed E-state index contributed by atoms with van der Waals surface area (Å²) in [4.78, 5) is 33.2. The van der Waals surface area contributed by atoms with E-state index in [2.05, 4.69) is 0 Å². The third-order valence-electron chi connectivity index (χ3n) is 2.23. The van der Waals surface area contributed by atoms with E-state index in [1.807, 2.05) is 0 Å². The van der Waals surface area contributed by atoms with Crippen LogP contribution in [0.3, 0.4) is 0 Å². The van der Waals surface area contributed by atoms with Gasteiger partial charge in [-0.3, -0.25) is 10.1 Å². The molecule has 0 saturated carbocycles. The molecule has 0 fully saturated rings. The molecule has 0 amide bonds. The maximum atomic E-state index is 12.0. The van der Waals surface area contributed by atoms with E-state index < -0.39 is 39.3 Å². The van der Waals surface area contributed by atoms with Crippen LogP contribution in [0.4, 0.5) is 11.4 Å². The van der Waals surface area contributed by atoms with Gasteiger partial charge >= 0.3 is 17.6 Å². The molecule has 0 aliphatic rings. The van der Waals surface area contributed by atoms with E-state index in [1.54, 1.807) is 20.8 Å². The molecule has 20 heavy (non-hydrogen) atoms. The van der Waals surface area contributed by atoms with E-state index in [0.29, 0.717) is 0 Å². The van der Waals surface area contributed by atoms with Crippen molar-refractivity contribution in [3.8, 4) is 0 Å². The zero-order valence-corrected chi connectivity index (χ0v) is 11.2. The summed E-state index contributed by atoms with van der Waals surface area (Å²) in [7, 11) is 0. The molecule has 0 aliphatic heterocycles. The van der Waals surface area contributed by atoms with Crippen LogP contribution in [0.25, 0.3) is 0 Å². The molecule has 0 radical (unpaired) electrons. The second-order valence-electron chi connectivity index (χ2n) is 4.99. The van der Waals surface area contributed by atoms with Crippen LogP contribution in [0, 0.1) is 10.1 Å². The van der Waals surface area contributed by atoms with Crippen molar-refractivity contribution in [3.63, 3.8) is 0 Å². The molecule has 0 heterocycles. The molecule has 0 bridgehead atoms. The number of anilines is 1. The predicted octanol–water partition coefficient (Wildman–Crippen LogP) is 1.83. The van der Waals surface area contributed by atoms with E-state index in [0.717, 1.165) is 12.1 Å². The Bertz CT molecular complexity index is 588. The first-order chi connectivity index (χ1) is 9.04. The number of carbonyl (C=O) groups excluding carboxylic acids is 1. The van der Waals surface area contributed by atoms with Crippen molar-refractivity contribution in [1.82, 2.24) is 0 Å². The highest BCUT2D eigenvalue weighted by atomic mass is 16.6. The smallest absolute Gasteiger partial charge is 0.346 e. The van der Waals surface area contributed by atoms with E-state index >= 15 is 0 Å². The van der Waals surface area contributed by atoms with Gasteiger partial charge in [0.2, 0.25) is 0 Å². The summed E-state index contributed by atoms with van der Waals surface area (Å²) in [5, 5.41) is 20.1. The van der Waals surface area contributed by atoms with Crippen molar-refractivity contribution >= 4 is 23.3 Å². The van der Waals surface area contributed by atoms with Gasteiger partial charge in [-0.15, -0.1) is 0 Å². The molecule has 1 rings (SSSR count). The summed E-state index contributed by atoms with van der Waals surface area (Å²) in [6, 6.07) is 2.10. The summed E-state index contributed by atoms with van der Waals surface area (Å²) < 4.78 is 5.00. The van der Waals surface area contributed by atoms with Crippen molar-refractivity contribution in [2.45, 2.75) is 26.4 Å². The van der Waals surface area contributed by atoms with E-state index in [9.17, 15) is 19.7 Å². The summed E-state index contributed by atoms with van der Waals surface area (Å²) >= 11 is 0. The first kappa shape index (κ1) is 15.4. The van der Waals surface area contributed by atoms with Crippen LogP contribution >= 0.6 is 0 Å². The number of nitrogen functional groups attached to an aromatic ring is 1. The van der Waals surface area contributed by atoms with Crippen molar-refractivity contribution in [1.29, 1.82) is 0 Å². The number of nitro benzene ring substituents is 1. The molecule has 0 spiro atoms. The number of carboxylic acids is 1. The van der Waals surface area contributed by atoms with Crippen LogP contribution in [0.1, 0.15) is 41.5 Å². The molecule has 0 aliphatic carbocycles. The van der Waals surface area contributed by atoms with Crippen LogP contribution < -0.4 is 5.73 Å². The molecule has 0 aromatic heterocycles. The summed E-state index contributed by atoms with van der Waals surface area (Å²) in [6.07, 6.45) is 0. The lowest BCUT2D eigenvalue weighted by Crippen LogP contribution is -2.26. The Hall–Kier alpha value is -2.64. The lowest BCUT2D eigenvalue weighted by atomic mass is 10.0. The Balaban J connectivity index is 3.55. The van der Waals surface area contributed by atoms with Crippen LogP contribution in [0.5, 0.6) is 0 Å². The number of rotatable bonds is 3. The van der Waals surface area contributed by atoms with Crippen LogP contribution in [0.2, 0.25) is 0 Å². The lowest BCUT2D eigenvalue weighted by Gasteiger charge is -2.20. The number of aromatic carboxylic acids is 1. The average Bonchev–Trinajstić information content (AvgIpc) is 2.24. The highest BCUT2D eigenvalue weighted by Crippen LogP contribution is 2.31. The third-order valence-corrected chi connectivity index (χ3v) is 2.23. The monoisotopic (exact) mass is 282 g/mol. The van der Waals surface area contributed by atoms with Gasteiger partial charge < -0.3 is 15.6 Å². The number of carbonyl (C=O) groups is 2. The Kier molecular flexibility index (Phi) is 3.97. The second-order valence-corrected chi connectivity index (χ2v) is 4.99. The first-order valence-electron chi connectivity index (χ1n) is 5.58. The largest absolute Gasteiger partial charge is 0.478 e. The van der Waals surface area contributed by atoms with Gasteiger partial charge in [0.15, 0.2) is 5.56 Å². The van der Waals surface area contributed by atoms with Gasteiger partial charge in [0, 0.05) is 0 Å². The minimum atomic E-state index is -1.48. The Morgan fingerprint density at radius 2 is 1.90 bits per heavy atom. The number of esters is 1. The van der Waals surface area contributed by atoms with Gasteiger partial charge in [-0.2, -0.15) is 0 Å². The number of carboxylic acid groups (broad SMARTS) is 1. The molecule has 0 atom stereocenters. The minimum absolute atomic E-state index is 0.305. The number of ether oxygens (including phenoxy) is 1. The molecular formula is C12H14N2O6. The fourth-order valence-corrected chi connectivity index (χ4v) is 1.52. The fourth-order valence-electron chi connectivity index (χ4n) is 1.52. The second kappa shape index (κ2) is 5.16. The normalized spacial score (nSPS) is 10.9. The third kappa shape index (κ3) is 3.22. The molecule has 1 aromatic carbocycles. The first-order valence-corrected chi connectivity index (χ1v) is 5.58. The van der Waals surface area contributed by atoms with Crippen LogP contribution in [-0.2, 0) is 4.74 Å². The van der Waals surface area contributed by atoms with E-state index in [1.165, 1.54) is 0 Å². The highest BCUT2D eigenvalue weighted by molar-refractivity contribution is 6.07. The molecule has 0 saturated heterocycles. The molecule has 1 aromatic rings. The molecule has 8 heteroatoms. The van der Waals surface area contributed by atoms with Gasteiger partial charge in [-0.25, -0.2) is 9.59 Å². The zero-order valence-electron chi connectivity index (χ0n) is 11.2. The van der Waals surface area contributed by atoms with Gasteiger partial charge in [0.25, 0.3) is 0 Å². The number of nitrogens with two attached hydrogens (primary N) is 1. The number of hydrogen-bond donors (Lipinski definition) is 2. The lowest BCUT2D eigenvalue weighted by molar-refractivity contribution is -0.384. The zero-order chi connectivity index (χ0) is 15.7. The maximum absolute atomic E-state index is 12.0.